The summed E-state index contributed by atoms with van der Waals surface area (Å²) >= 11 is 6.85. The molecule has 1 aromatic carbocycles. The Labute approximate surface area is 221 Å². The highest BCUT2D eigenvalue weighted by atomic mass is 35.5. The average Bonchev–Trinajstić information content (AvgIpc) is 3.49. The molecule has 2 aliphatic rings. The van der Waals surface area contributed by atoms with Crippen LogP contribution in [0.2, 0.25) is 5.02 Å². The van der Waals surface area contributed by atoms with Gasteiger partial charge in [0.15, 0.2) is 0 Å². The standard InChI is InChI=1S/C26H25ClN6O2.C2H6/c1-32-9-7-18-17(4-8-28-25(18)32)23-19-14-30-26(35)24(19)21(12-20(23)27)31-22-3-2-15(13-29-22)33-10-5-16(34)6-11-33;1-2/h2-4,7-9,12-13,16,34H,5-6,10-11,14H2,1H3,(H,29,31)(H,30,35);1-2H3. The van der Waals surface area contributed by atoms with Crippen LogP contribution in [0, 0.1) is 0 Å². The van der Waals surface area contributed by atoms with Gasteiger partial charge in [-0.3, -0.25) is 4.79 Å². The number of aliphatic hydroxyl groups is 1. The van der Waals surface area contributed by atoms with E-state index in [4.69, 9.17) is 11.6 Å². The van der Waals surface area contributed by atoms with Gasteiger partial charge in [0.25, 0.3) is 5.91 Å². The predicted octanol–water partition coefficient (Wildman–Crippen LogP) is 5.26. The van der Waals surface area contributed by atoms with E-state index in [1.807, 2.05) is 62.1 Å². The van der Waals surface area contributed by atoms with Crippen LogP contribution < -0.4 is 15.5 Å². The number of nitrogens with one attached hydrogen (secondary N) is 2. The van der Waals surface area contributed by atoms with Crippen molar-refractivity contribution in [2.45, 2.75) is 39.3 Å². The molecule has 9 heteroatoms. The summed E-state index contributed by atoms with van der Waals surface area (Å²) in [6, 6.07) is 9.67. The van der Waals surface area contributed by atoms with Gasteiger partial charge in [-0.25, -0.2) is 9.97 Å². The molecule has 0 saturated carbocycles. The van der Waals surface area contributed by atoms with Crippen molar-refractivity contribution in [3.63, 3.8) is 0 Å². The van der Waals surface area contributed by atoms with Crippen LogP contribution in [0.4, 0.5) is 17.2 Å². The Bertz CT molecular complexity index is 1440. The third kappa shape index (κ3) is 4.63. The first kappa shape index (κ1) is 25.0. The molecule has 1 fully saturated rings. The highest BCUT2D eigenvalue weighted by Gasteiger charge is 2.29. The number of aliphatic hydroxyl groups excluding tert-OH is 1. The van der Waals surface area contributed by atoms with E-state index >= 15 is 0 Å². The second-order valence-corrected chi connectivity index (χ2v) is 9.49. The molecule has 1 amide bonds. The number of aromatic nitrogens is 3. The maximum atomic E-state index is 12.9. The number of amides is 1. The minimum Gasteiger partial charge on any atom is -0.393 e. The quantitative estimate of drug-likeness (QED) is 0.341. The zero-order valence-electron chi connectivity index (χ0n) is 21.3. The van der Waals surface area contributed by atoms with Crippen LogP contribution in [0.3, 0.4) is 0 Å². The van der Waals surface area contributed by atoms with E-state index in [1.165, 1.54) is 0 Å². The van der Waals surface area contributed by atoms with Crippen LogP contribution in [0.1, 0.15) is 42.6 Å². The van der Waals surface area contributed by atoms with Gasteiger partial charge < -0.3 is 25.2 Å². The van der Waals surface area contributed by atoms with Crippen molar-refractivity contribution in [2.75, 3.05) is 23.3 Å². The smallest absolute Gasteiger partial charge is 0.254 e. The number of hydrogen-bond acceptors (Lipinski definition) is 6. The van der Waals surface area contributed by atoms with Crippen LogP contribution >= 0.6 is 11.6 Å². The van der Waals surface area contributed by atoms with E-state index in [-0.39, 0.29) is 12.0 Å². The number of piperidine rings is 1. The largest absolute Gasteiger partial charge is 0.393 e. The van der Waals surface area contributed by atoms with Crippen LogP contribution in [0.15, 0.2) is 48.9 Å². The number of anilines is 3. The fourth-order valence-electron chi connectivity index (χ4n) is 5.08. The van der Waals surface area contributed by atoms with Gasteiger partial charge >= 0.3 is 0 Å². The van der Waals surface area contributed by atoms with Crippen molar-refractivity contribution >= 4 is 45.7 Å². The van der Waals surface area contributed by atoms with Crippen molar-refractivity contribution in [3.8, 4) is 11.1 Å². The van der Waals surface area contributed by atoms with Gasteiger partial charge in [-0.1, -0.05) is 25.4 Å². The lowest BCUT2D eigenvalue weighted by atomic mass is 9.94. The number of benzene rings is 1. The first-order valence-electron chi connectivity index (χ1n) is 12.7. The molecule has 0 spiro atoms. The van der Waals surface area contributed by atoms with Gasteiger partial charge in [-0.15, -0.1) is 0 Å². The molecule has 0 bridgehead atoms. The summed E-state index contributed by atoms with van der Waals surface area (Å²) in [7, 11) is 1.95. The van der Waals surface area contributed by atoms with Crippen molar-refractivity contribution in [1.82, 2.24) is 19.9 Å². The molecule has 0 atom stereocenters. The number of carbonyl (C=O) groups is 1. The van der Waals surface area contributed by atoms with Gasteiger partial charge in [-0.2, -0.15) is 0 Å². The zero-order chi connectivity index (χ0) is 26.1. The maximum Gasteiger partial charge on any atom is 0.254 e. The van der Waals surface area contributed by atoms with E-state index < -0.39 is 0 Å². The van der Waals surface area contributed by atoms with E-state index in [0.29, 0.717) is 28.6 Å². The van der Waals surface area contributed by atoms with Crippen LogP contribution in [-0.4, -0.2) is 44.7 Å². The molecule has 8 nitrogen and oxygen atoms in total. The predicted molar refractivity (Wildman–Crippen MR) is 149 cm³/mol. The number of halogens is 1. The molecule has 0 radical (unpaired) electrons. The van der Waals surface area contributed by atoms with Gasteiger partial charge in [-0.05, 0) is 54.3 Å². The summed E-state index contributed by atoms with van der Waals surface area (Å²) in [5.41, 5.74) is 5.76. The Morgan fingerprint density at radius 3 is 2.62 bits per heavy atom. The summed E-state index contributed by atoms with van der Waals surface area (Å²) in [5, 5.41) is 17.5. The number of fused-ring (bicyclic) bond motifs is 2. The molecular weight excluding hydrogens is 488 g/mol. The van der Waals surface area contributed by atoms with Gasteiger partial charge in [0.1, 0.15) is 11.5 Å². The first-order chi connectivity index (χ1) is 18.0. The summed E-state index contributed by atoms with van der Waals surface area (Å²) in [6.45, 7) is 6.02. The molecule has 2 aliphatic heterocycles. The molecule has 5 heterocycles. The molecule has 3 N–H and O–H groups in total. The number of pyridine rings is 2. The second-order valence-electron chi connectivity index (χ2n) is 9.08. The second kappa shape index (κ2) is 10.4. The number of hydrogen-bond donors (Lipinski definition) is 3. The Balaban J connectivity index is 0.00000137. The lowest BCUT2D eigenvalue weighted by molar-refractivity contribution is 0.0966. The zero-order valence-corrected chi connectivity index (χ0v) is 22.0. The molecule has 0 aliphatic carbocycles. The first-order valence-corrected chi connectivity index (χ1v) is 13.1. The summed E-state index contributed by atoms with van der Waals surface area (Å²) in [4.78, 5) is 24.1. The third-order valence-corrected chi connectivity index (χ3v) is 7.21. The van der Waals surface area contributed by atoms with Gasteiger partial charge in [0, 0.05) is 50.0 Å². The highest BCUT2D eigenvalue weighted by molar-refractivity contribution is 6.35. The SMILES string of the molecule is CC.Cn1ccc2c(-c3c(Cl)cc(Nc4ccc(N5CCC(O)CC5)cn4)c4c3CNC4=O)ccnc21. The van der Waals surface area contributed by atoms with Crippen LogP contribution in [0.5, 0.6) is 0 Å². The van der Waals surface area contributed by atoms with E-state index in [0.717, 1.165) is 59.3 Å². The van der Waals surface area contributed by atoms with Crippen LogP contribution in [0.25, 0.3) is 22.2 Å². The summed E-state index contributed by atoms with van der Waals surface area (Å²) < 4.78 is 1.97. The van der Waals surface area contributed by atoms with E-state index in [1.54, 1.807) is 12.3 Å². The Hall–Kier alpha value is -3.62. The minimum absolute atomic E-state index is 0.137. The van der Waals surface area contributed by atoms with E-state index in [9.17, 15) is 9.90 Å². The summed E-state index contributed by atoms with van der Waals surface area (Å²) in [5.74, 6) is 0.494. The molecule has 6 rings (SSSR count). The van der Waals surface area contributed by atoms with Crippen molar-refractivity contribution < 1.29 is 9.90 Å². The number of nitrogens with zero attached hydrogens (tertiary/aromatic N) is 4. The topological polar surface area (TPSA) is 95.3 Å². The average molecular weight is 519 g/mol. The van der Waals surface area contributed by atoms with Crippen LogP contribution in [-0.2, 0) is 13.6 Å². The number of rotatable bonds is 4. The third-order valence-electron chi connectivity index (χ3n) is 6.91. The fourth-order valence-corrected chi connectivity index (χ4v) is 5.40. The normalized spacial score (nSPS) is 15.3. The molecule has 4 aromatic rings. The lowest BCUT2D eigenvalue weighted by Crippen LogP contribution is -2.35. The molecule has 3 aromatic heterocycles. The Morgan fingerprint density at radius 2 is 1.89 bits per heavy atom. The minimum atomic E-state index is -0.216. The van der Waals surface area contributed by atoms with Gasteiger partial charge in [0.05, 0.1) is 34.3 Å². The molecule has 37 heavy (non-hydrogen) atoms. The maximum absolute atomic E-state index is 12.9. The highest BCUT2D eigenvalue weighted by Crippen LogP contribution is 2.42. The molecule has 0 unspecified atom stereocenters. The van der Waals surface area contributed by atoms with E-state index in [2.05, 4.69) is 25.5 Å². The Morgan fingerprint density at radius 1 is 1.11 bits per heavy atom. The number of carbonyl (C=O) groups excluding carboxylic acids is 1. The monoisotopic (exact) mass is 518 g/mol. The molecule has 192 valence electrons. The summed E-state index contributed by atoms with van der Waals surface area (Å²) in [6.07, 6.45) is 6.87. The Kier molecular flexibility index (Phi) is 7.04. The van der Waals surface area contributed by atoms with Gasteiger partial charge in [0.2, 0.25) is 0 Å². The van der Waals surface area contributed by atoms with Crippen molar-refractivity contribution in [3.05, 3.63) is 65.1 Å². The lowest BCUT2D eigenvalue weighted by Gasteiger charge is -2.31. The molecular formula is C28H31ClN6O2. The number of aryl methyl sites for hydroxylation is 1. The fraction of sp³-hybridized carbons (Fsp3) is 0.321. The van der Waals surface area contributed by atoms with Crippen molar-refractivity contribution in [2.24, 2.45) is 7.05 Å². The molecule has 1 saturated heterocycles. The van der Waals surface area contributed by atoms with Crippen molar-refractivity contribution in [1.29, 1.82) is 0 Å².